The number of hydrogen-bond donors (Lipinski definition) is 2. The Hall–Kier alpha value is -2.47. The Kier molecular flexibility index (Phi) is 5.52. The molecule has 0 unspecified atom stereocenters. The van der Waals surface area contributed by atoms with Gasteiger partial charge in [-0.05, 0) is 55.8 Å². The van der Waals surface area contributed by atoms with Gasteiger partial charge in [0.25, 0.3) is 5.91 Å². The maximum absolute atomic E-state index is 13.6. The van der Waals surface area contributed by atoms with Crippen molar-refractivity contribution in [2.75, 3.05) is 36.4 Å². The molecule has 2 aromatic carbocycles. The first-order valence-corrected chi connectivity index (χ1v) is 8.86. The smallest absolute Gasteiger partial charge is 0.282 e. The normalized spacial score (nSPS) is 16.4. The molecule has 3 rings (SSSR count). The molecular weight excluding hydrogens is 336 g/mol. The molecule has 26 heavy (non-hydrogen) atoms. The lowest BCUT2D eigenvalue weighted by molar-refractivity contribution is -0.914. The van der Waals surface area contributed by atoms with Gasteiger partial charge in [-0.1, -0.05) is 6.07 Å². The molecule has 1 aliphatic rings. The Balaban J connectivity index is 1.55. The molecule has 1 atom stereocenters. The molecule has 1 heterocycles. The Labute approximate surface area is 152 Å². The highest BCUT2D eigenvalue weighted by atomic mass is 19.1. The molecule has 0 bridgehead atoms. The molecule has 0 saturated carbocycles. The van der Waals surface area contributed by atoms with Gasteiger partial charge >= 0.3 is 0 Å². The van der Waals surface area contributed by atoms with Gasteiger partial charge in [0.2, 0.25) is 0 Å². The third kappa shape index (κ3) is 4.19. The fourth-order valence-electron chi connectivity index (χ4n) is 3.24. The predicted octanol–water partition coefficient (Wildman–Crippen LogP) is 2.01. The molecule has 2 N–H and O–H groups in total. The van der Waals surface area contributed by atoms with E-state index in [9.17, 15) is 13.6 Å². The van der Waals surface area contributed by atoms with E-state index in [0.29, 0.717) is 11.3 Å². The number of benzene rings is 2. The quantitative estimate of drug-likeness (QED) is 0.875. The first-order chi connectivity index (χ1) is 12.4. The van der Waals surface area contributed by atoms with Crippen molar-refractivity contribution in [3.8, 4) is 0 Å². The van der Waals surface area contributed by atoms with E-state index in [1.165, 1.54) is 23.1 Å². The summed E-state index contributed by atoms with van der Waals surface area (Å²) in [6.45, 7) is 6.81. The number of aryl methyl sites for hydroxylation is 1. The fraction of sp³-hybridized carbons (Fsp3) is 0.350. The summed E-state index contributed by atoms with van der Waals surface area (Å²) in [5, 5.41) is 2.80. The number of quaternary nitrogens is 1. The maximum atomic E-state index is 13.6. The van der Waals surface area contributed by atoms with E-state index >= 15 is 0 Å². The zero-order valence-corrected chi connectivity index (χ0v) is 15.1. The second kappa shape index (κ2) is 7.83. The van der Waals surface area contributed by atoms with Gasteiger partial charge in [0, 0.05) is 11.4 Å². The van der Waals surface area contributed by atoms with Gasteiger partial charge in [-0.3, -0.25) is 4.79 Å². The molecule has 0 spiro atoms. The van der Waals surface area contributed by atoms with Crippen molar-refractivity contribution >= 4 is 17.3 Å². The summed E-state index contributed by atoms with van der Waals surface area (Å²) < 4.78 is 26.7. The standard InChI is InChI=1S/C20H23F2N3O/c1-14-3-6-17(13-19(14)22)23-20(26)15(2)24-9-11-25(12-10-24)18-7-4-16(21)5-8-18/h3-8,13,15H,9-12H2,1-2H3,(H,23,26)/p+1/t15-/m0/s1. The Morgan fingerprint density at radius 3 is 2.38 bits per heavy atom. The SMILES string of the molecule is Cc1ccc(NC(=O)[C@H](C)[NH+]2CCN(c3ccc(F)cc3)CC2)cc1F. The Morgan fingerprint density at radius 2 is 1.77 bits per heavy atom. The number of nitrogens with one attached hydrogen (secondary N) is 2. The number of carbonyl (C=O) groups is 1. The topological polar surface area (TPSA) is 36.8 Å². The van der Waals surface area contributed by atoms with Crippen molar-refractivity contribution in [3.05, 3.63) is 59.7 Å². The second-order valence-corrected chi connectivity index (χ2v) is 6.80. The minimum atomic E-state index is -0.323. The number of carbonyl (C=O) groups excluding carboxylic acids is 1. The molecule has 1 amide bonds. The average Bonchev–Trinajstić information content (AvgIpc) is 2.65. The van der Waals surface area contributed by atoms with Crippen LogP contribution in [0.4, 0.5) is 20.2 Å². The van der Waals surface area contributed by atoms with Crippen LogP contribution in [-0.2, 0) is 4.79 Å². The highest BCUT2D eigenvalue weighted by Crippen LogP contribution is 2.15. The van der Waals surface area contributed by atoms with Crippen LogP contribution in [-0.4, -0.2) is 38.1 Å². The molecule has 2 aromatic rings. The van der Waals surface area contributed by atoms with Gasteiger partial charge in [-0.2, -0.15) is 0 Å². The van der Waals surface area contributed by atoms with Crippen LogP contribution in [0.15, 0.2) is 42.5 Å². The molecule has 1 fully saturated rings. The van der Waals surface area contributed by atoms with E-state index in [-0.39, 0.29) is 23.6 Å². The van der Waals surface area contributed by atoms with Crippen molar-refractivity contribution in [3.63, 3.8) is 0 Å². The highest BCUT2D eigenvalue weighted by molar-refractivity contribution is 5.93. The van der Waals surface area contributed by atoms with Crippen LogP contribution >= 0.6 is 0 Å². The van der Waals surface area contributed by atoms with Gasteiger partial charge in [-0.15, -0.1) is 0 Å². The third-order valence-electron chi connectivity index (χ3n) is 5.04. The number of piperazine rings is 1. The summed E-state index contributed by atoms with van der Waals surface area (Å²) in [6.07, 6.45) is 0. The number of rotatable bonds is 4. The molecule has 6 heteroatoms. The highest BCUT2D eigenvalue weighted by Gasteiger charge is 2.29. The number of anilines is 2. The average molecular weight is 360 g/mol. The lowest BCUT2D eigenvalue weighted by atomic mass is 10.1. The summed E-state index contributed by atoms with van der Waals surface area (Å²) in [4.78, 5) is 15.9. The lowest BCUT2D eigenvalue weighted by Gasteiger charge is -2.36. The third-order valence-corrected chi connectivity index (χ3v) is 5.04. The molecular formula is C20H24F2N3O+. The van der Waals surface area contributed by atoms with E-state index in [4.69, 9.17) is 0 Å². The van der Waals surface area contributed by atoms with E-state index in [1.807, 2.05) is 6.92 Å². The predicted molar refractivity (Wildman–Crippen MR) is 98.5 cm³/mol. The largest absolute Gasteiger partial charge is 0.360 e. The van der Waals surface area contributed by atoms with Crippen molar-refractivity contribution in [2.24, 2.45) is 0 Å². The van der Waals surface area contributed by atoms with Crippen LogP contribution in [0.25, 0.3) is 0 Å². The van der Waals surface area contributed by atoms with Crippen LogP contribution in [0.1, 0.15) is 12.5 Å². The zero-order valence-electron chi connectivity index (χ0n) is 15.1. The molecule has 4 nitrogen and oxygen atoms in total. The molecule has 0 aromatic heterocycles. The first kappa shape index (κ1) is 18.3. The summed E-state index contributed by atoms with van der Waals surface area (Å²) in [5.41, 5.74) is 2.03. The van der Waals surface area contributed by atoms with E-state index in [1.54, 1.807) is 31.2 Å². The van der Waals surface area contributed by atoms with Crippen molar-refractivity contribution in [2.45, 2.75) is 19.9 Å². The van der Waals surface area contributed by atoms with E-state index in [0.717, 1.165) is 31.9 Å². The molecule has 1 saturated heterocycles. The summed E-state index contributed by atoms with van der Waals surface area (Å²) in [7, 11) is 0. The van der Waals surface area contributed by atoms with Gasteiger partial charge < -0.3 is 15.1 Å². The number of halogens is 2. The fourth-order valence-corrected chi connectivity index (χ4v) is 3.24. The van der Waals surface area contributed by atoms with Gasteiger partial charge in [0.05, 0.1) is 26.2 Å². The van der Waals surface area contributed by atoms with Gasteiger partial charge in [0.1, 0.15) is 11.6 Å². The van der Waals surface area contributed by atoms with Crippen LogP contribution in [0.2, 0.25) is 0 Å². The van der Waals surface area contributed by atoms with Crippen LogP contribution in [0.5, 0.6) is 0 Å². The van der Waals surface area contributed by atoms with Crippen LogP contribution < -0.4 is 15.1 Å². The van der Waals surface area contributed by atoms with Crippen molar-refractivity contribution in [1.82, 2.24) is 0 Å². The van der Waals surface area contributed by atoms with Gasteiger partial charge in [-0.25, -0.2) is 8.78 Å². The van der Waals surface area contributed by atoms with Crippen LogP contribution in [0.3, 0.4) is 0 Å². The first-order valence-electron chi connectivity index (χ1n) is 8.86. The Morgan fingerprint density at radius 1 is 1.12 bits per heavy atom. The van der Waals surface area contributed by atoms with E-state index in [2.05, 4.69) is 10.2 Å². The summed E-state index contributed by atoms with van der Waals surface area (Å²) in [6, 6.07) is 11.0. The lowest BCUT2D eigenvalue weighted by Crippen LogP contribution is -3.19. The number of hydrogen-bond acceptors (Lipinski definition) is 2. The van der Waals surface area contributed by atoms with Crippen LogP contribution in [0, 0.1) is 18.6 Å². The monoisotopic (exact) mass is 360 g/mol. The minimum absolute atomic E-state index is 0.113. The van der Waals surface area contributed by atoms with E-state index < -0.39 is 0 Å². The molecule has 0 aliphatic carbocycles. The second-order valence-electron chi connectivity index (χ2n) is 6.80. The summed E-state index contributed by atoms with van der Waals surface area (Å²) in [5.74, 6) is -0.676. The zero-order chi connectivity index (χ0) is 18.7. The number of amides is 1. The summed E-state index contributed by atoms with van der Waals surface area (Å²) >= 11 is 0. The molecule has 138 valence electrons. The number of nitrogens with zero attached hydrogens (tertiary/aromatic N) is 1. The Bertz CT molecular complexity index is 771. The van der Waals surface area contributed by atoms with Gasteiger partial charge in [0.15, 0.2) is 6.04 Å². The van der Waals surface area contributed by atoms with Crippen molar-refractivity contribution in [1.29, 1.82) is 0 Å². The minimum Gasteiger partial charge on any atom is -0.360 e. The molecule has 1 aliphatic heterocycles. The van der Waals surface area contributed by atoms with Crippen molar-refractivity contribution < 1.29 is 18.5 Å². The molecule has 0 radical (unpaired) electrons. The maximum Gasteiger partial charge on any atom is 0.282 e.